The fourth-order valence-electron chi connectivity index (χ4n) is 3.10. The first-order valence-electron chi connectivity index (χ1n) is 9.24. The summed E-state index contributed by atoms with van der Waals surface area (Å²) in [6, 6.07) is 20.8. The van der Waals surface area contributed by atoms with Crippen molar-refractivity contribution >= 4 is 23.0 Å². The van der Waals surface area contributed by atoms with Crippen molar-refractivity contribution in [2.24, 2.45) is 0 Å². The smallest absolute Gasteiger partial charge is 0.174 e. The summed E-state index contributed by atoms with van der Waals surface area (Å²) in [5.74, 6) is 0. The molecule has 0 saturated heterocycles. The SMILES string of the molecule is CCc1cccc(C)c1NC(=S)N(Cc1ccccc1)Cc1cccnc1. The molecule has 0 unspecified atom stereocenters. The van der Waals surface area contributed by atoms with Crippen LogP contribution >= 0.6 is 12.2 Å². The van der Waals surface area contributed by atoms with Crippen molar-refractivity contribution in [2.45, 2.75) is 33.4 Å². The lowest BCUT2D eigenvalue weighted by molar-refractivity contribution is 0.412. The Morgan fingerprint density at radius 3 is 2.41 bits per heavy atom. The third kappa shape index (κ3) is 5.14. The number of thiocarbonyl (C=S) groups is 1. The Labute approximate surface area is 167 Å². The van der Waals surface area contributed by atoms with Gasteiger partial charge in [0.05, 0.1) is 0 Å². The van der Waals surface area contributed by atoms with Crippen LogP contribution in [0.5, 0.6) is 0 Å². The molecule has 0 saturated carbocycles. The minimum Gasteiger partial charge on any atom is -0.340 e. The van der Waals surface area contributed by atoms with Gasteiger partial charge in [-0.1, -0.05) is 61.5 Å². The van der Waals surface area contributed by atoms with Crippen LogP contribution in [-0.4, -0.2) is 15.0 Å². The Balaban J connectivity index is 1.84. The van der Waals surface area contributed by atoms with Crippen LogP contribution in [-0.2, 0) is 19.5 Å². The number of para-hydroxylation sites is 1. The van der Waals surface area contributed by atoms with Crippen LogP contribution in [0, 0.1) is 6.92 Å². The van der Waals surface area contributed by atoms with Crippen LogP contribution in [0.3, 0.4) is 0 Å². The number of anilines is 1. The average molecular weight is 376 g/mol. The topological polar surface area (TPSA) is 28.2 Å². The Morgan fingerprint density at radius 1 is 0.963 bits per heavy atom. The van der Waals surface area contributed by atoms with Crippen molar-refractivity contribution in [1.29, 1.82) is 0 Å². The van der Waals surface area contributed by atoms with Gasteiger partial charge in [0, 0.05) is 31.2 Å². The van der Waals surface area contributed by atoms with Crippen LogP contribution in [0.4, 0.5) is 5.69 Å². The van der Waals surface area contributed by atoms with Gasteiger partial charge in [-0.15, -0.1) is 0 Å². The standard InChI is InChI=1S/C23H25N3S/c1-3-21-13-7-9-18(2)22(21)25-23(27)26(16-19-10-5-4-6-11-19)17-20-12-8-14-24-15-20/h4-15H,3,16-17H2,1-2H3,(H,25,27). The molecule has 1 heterocycles. The lowest BCUT2D eigenvalue weighted by atomic mass is 10.1. The molecule has 0 fully saturated rings. The first-order chi connectivity index (χ1) is 13.2. The summed E-state index contributed by atoms with van der Waals surface area (Å²) in [4.78, 5) is 6.43. The van der Waals surface area contributed by atoms with Crippen molar-refractivity contribution in [3.05, 3.63) is 95.3 Å². The van der Waals surface area contributed by atoms with E-state index in [1.807, 2.05) is 18.3 Å². The summed E-state index contributed by atoms with van der Waals surface area (Å²) < 4.78 is 0. The molecule has 0 bridgehead atoms. The summed E-state index contributed by atoms with van der Waals surface area (Å²) in [5.41, 5.74) is 5.97. The van der Waals surface area contributed by atoms with Crippen molar-refractivity contribution in [3.8, 4) is 0 Å². The van der Waals surface area contributed by atoms with Crippen molar-refractivity contribution in [1.82, 2.24) is 9.88 Å². The summed E-state index contributed by atoms with van der Waals surface area (Å²) in [5, 5.41) is 4.24. The number of hydrogen-bond acceptors (Lipinski definition) is 2. The molecule has 0 aliphatic carbocycles. The predicted octanol–water partition coefficient (Wildman–Crippen LogP) is 5.35. The van der Waals surface area contributed by atoms with E-state index >= 15 is 0 Å². The highest BCUT2D eigenvalue weighted by Gasteiger charge is 2.14. The molecule has 1 aromatic heterocycles. The molecule has 2 aromatic carbocycles. The van der Waals surface area contributed by atoms with Gasteiger partial charge in [-0.05, 0) is 53.9 Å². The number of rotatable bonds is 6. The first kappa shape index (κ1) is 19.1. The van der Waals surface area contributed by atoms with Crippen LogP contribution in [0.1, 0.15) is 29.2 Å². The second kappa shape index (κ2) is 9.28. The Morgan fingerprint density at radius 2 is 1.70 bits per heavy atom. The summed E-state index contributed by atoms with van der Waals surface area (Å²) >= 11 is 5.82. The fourth-order valence-corrected chi connectivity index (χ4v) is 3.33. The van der Waals surface area contributed by atoms with Gasteiger partial charge in [0.15, 0.2) is 5.11 Å². The van der Waals surface area contributed by atoms with E-state index in [4.69, 9.17) is 12.2 Å². The zero-order chi connectivity index (χ0) is 19.1. The number of aromatic nitrogens is 1. The second-order valence-electron chi connectivity index (χ2n) is 6.60. The summed E-state index contributed by atoms with van der Waals surface area (Å²) in [7, 11) is 0. The lowest BCUT2D eigenvalue weighted by Crippen LogP contribution is -2.34. The molecule has 27 heavy (non-hydrogen) atoms. The maximum absolute atomic E-state index is 5.82. The van der Waals surface area contributed by atoms with Crippen LogP contribution in [0.25, 0.3) is 0 Å². The largest absolute Gasteiger partial charge is 0.340 e. The zero-order valence-electron chi connectivity index (χ0n) is 15.9. The Kier molecular flexibility index (Phi) is 6.55. The summed E-state index contributed by atoms with van der Waals surface area (Å²) in [6.07, 6.45) is 4.65. The molecule has 0 aliphatic heterocycles. The van der Waals surface area contributed by atoms with Gasteiger partial charge in [0.1, 0.15) is 0 Å². The molecule has 3 aromatic rings. The van der Waals surface area contributed by atoms with E-state index in [1.165, 1.54) is 16.7 Å². The van der Waals surface area contributed by atoms with Gasteiger partial charge in [-0.25, -0.2) is 0 Å². The fraction of sp³-hybridized carbons (Fsp3) is 0.217. The molecule has 0 amide bonds. The third-order valence-corrected chi connectivity index (χ3v) is 4.93. The Hall–Kier alpha value is -2.72. The summed E-state index contributed by atoms with van der Waals surface area (Å²) in [6.45, 7) is 5.74. The molecule has 0 aliphatic rings. The minimum absolute atomic E-state index is 0.710. The molecule has 0 radical (unpaired) electrons. The highest BCUT2D eigenvalue weighted by Crippen LogP contribution is 2.22. The van der Waals surface area contributed by atoms with Gasteiger partial charge in [-0.3, -0.25) is 4.98 Å². The Bertz CT molecular complexity index is 837. The van der Waals surface area contributed by atoms with E-state index in [9.17, 15) is 0 Å². The van der Waals surface area contributed by atoms with Gasteiger partial charge in [0.2, 0.25) is 0 Å². The molecule has 138 valence electrons. The van der Waals surface area contributed by atoms with E-state index < -0.39 is 0 Å². The molecule has 1 N–H and O–H groups in total. The van der Waals surface area contributed by atoms with Gasteiger partial charge < -0.3 is 10.2 Å². The maximum atomic E-state index is 5.82. The number of aryl methyl sites for hydroxylation is 2. The van der Waals surface area contributed by atoms with Crippen LogP contribution < -0.4 is 5.32 Å². The van der Waals surface area contributed by atoms with Gasteiger partial charge in [-0.2, -0.15) is 0 Å². The van der Waals surface area contributed by atoms with Crippen LogP contribution in [0.2, 0.25) is 0 Å². The van der Waals surface area contributed by atoms with Crippen LogP contribution in [0.15, 0.2) is 73.1 Å². The molecule has 0 spiro atoms. The quantitative estimate of drug-likeness (QED) is 0.588. The highest BCUT2D eigenvalue weighted by molar-refractivity contribution is 7.80. The molecule has 0 atom stereocenters. The average Bonchev–Trinajstić information content (AvgIpc) is 2.70. The number of pyridine rings is 1. The van der Waals surface area contributed by atoms with E-state index in [2.05, 4.69) is 77.6 Å². The van der Waals surface area contributed by atoms with Crippen molar-refractivity contribution in [3.63, 3.8) is 0 Å². The first-order valence-corrected chi connectivity index (χ1v) is 9.65. The monoisotopic (exact) mass is 375 g/mol. The highest BCUT2D eigenvalue weighted by atomic mass is 32.1. The zero-order valence-corrected chi connectivity index (χ0v) is 16.7. The van der Waals surface area contributed by atoms with E-state index in [0.717, 1.165) is 29.3 Å². The van der Waals surface area contributed by atoms with Gasteiger partial charge in [0.25, 0.3) is 0 Å². The molecule has 3 rings (SSSR count). The molecular weight excluding hydrogens is 350 g/mol. The van der Waals surface area contributed by atoms with Crippen molar-refractivity contribution < 1.29 is 0 Å². The lowest BCUT2D eigenvalue weighted by Gasteiger charge is -2.27. The number of nitrogens with zero attached hydrogens (tertiary/aromatic N) is 2. The second-order valence-corrected chi connectivity index (χ2v) is 6.98. The third-order valence-electron chi connectivity index (χ3n) is 4.57. The molecule has 3 nitrogen and oxygen atoms in total. The number of nitrogens with one attached hydrogen (secondary N) is 1. The van der Waals surface area contributed by atoms with Gasteiger partial charge >= 0.3 is 0 Å². The van der Waals surface area contributed by atoms with Crippen molar-refractivity contribution in [2.75, 3.05) is 5.32 Å². The number of hydrogen-bond donors (Lipinski definition) is 1. The number of benzene rings is 2. The normalized spacial score (nSPS) is 10.4. The maximum Gasteiger partial charge on any atom is 0.174 e. The van der Waals surface area contributed by atoms with E-state index in [-0.39, 0.29) is 0 Å². The van der Waals surface area contributed by atoms with E-state index in [1.54, 1.807) is 6.20 Å². The predicted molar refractivity (Wildman–Crippen MR) is 117 cm³/mol. The van der Waals surface area contributed by atoms with E-state index in [0.29, 0.717) is 6.54 Å². The molecule has 4 heteroatoms. The molecular formula is C23H25N3S. The minimum atomic E-state index is 0.710.